The van der Waals surface area contributed by atoms with Crippen molar-refractivity contribution in [2.24, 2.45) is 0 Å². The minimum absolute atomic E-state index is 0.849. The molecule has 0 amide bonds. The summed E-state index contributed by atoms with van der Waals surface area (Å²) in [5.41, 5.74) is 2.77. The highest BCUT2D eigenvalue weighted by Gasteiger charge is 2.04. The highest BCUT2D eigenvalue weighted by Crippen LogP contribution is 2.16. The summed E-state index contributed by atoms with van der Waals surface area (Å²) in [6.45, 7) is 0. The van der Waals surface area contributed by atoms with Crippen LogP contribution in [-0.4, -0.2) is 15.0 Å². The Labute approximate surface area is 92.1 Å². The number of hydrogen-bond donors (Lipinski definition) is 0. The van der Waals surface area contributed by atoms with E-state index in [1.165, 1.54) is 0 Å². The minimum atomic E-state index is 0.849. The van der Waals surface area contributed by atoms with E-state index in [2.05, 4.69) is 10.3 Å². The van der Waals surface area contributed by atoms with Gasteiger partial charge in [-0.2, -0.15) is 0 Å². The summed E-state index contributed by atoms with van der Waals surface area (Å²) in [4.78, 5) is 0. The Bertz CT molecular complexity index is 569. The van der Waals surface area contributed by atoms with E-state index in [1.807, 2.05) is 42.6 Å². The van der Waals surface area contributed by atoms with Crippen molar-refractivity contribution >= 4 is 0 Å². The number of furan rings is 1. The Morgan fingerprint density at radius 1 is 1.06 bits per heavy atom. The molecule has 0 aliphatic carbocycles. The molecule has 1 aromatic carbocycles. The molecule has 2 heterocycles. The van der Waals surface area contributed by atoms with Crippen LogP contribution in [0.1, 0.15) is 0 Å². The molecule has 0 fully saturated rings. The van der Waals surface area contributed by atoms with Gasteiger partial charge in [0.15, 0.2) is 0 Å². The van der Waals surface area contributed by atoms with E-state index < -0.39 is 0 Å². The first-order chi connectivity index (χ1) is 7.93. The van der Waals surface area contributed by atoms with E-state index in [9.17, 15) is 0 Å². The third-order valence-corrected chi connectivity index (χ3v) is 2.33. The van der Waals surface area contributed by atoms with Gasteiger partial charge in [-0.1, -0.05) is 35.5 Å². The van der Waals surface area contributed by atoms with Gasteiger partial charge in [-0.05, 0) is 0 Å². The molecule has 0 aliphatic heterocycles. The van der Waals surface area contributed by atoms with Gasteiger partial charge >= 0.3 is 0 Å². The van der Waals surface area contributed by atoms with Gasteiger partial charge in [-0.3, -0.25) is 0 Å². The fraction of sp³-hybridized carbons (Fsp3) is 0. The van der Waals surface area contributed by atoms with Crippen LogP contribution < -0.4 is 0 Å². The highest BCUT2D eigenvalue weighted by molar-refractivity contribution is 5.57. The Kier molecular flexibility index (Phi) is 2.04. The smallest absolute Gasteiger partial charge is 0.116 e. The van der Waals surface area contributed by atoms with E-state index in [0.717, 1.165) is 16.9 Å². The maximum Gasteiger partial charge on any atom is 0.116 e. The predicted molar refractivity (Wildman–Crippen MR) is 59.1 cm³/mol. The maximum absolute atomic E-state index is 5.00. The molecule has 4 heteroatoms. The topological polar surface area (TPSA) is 43.9 Å². The van der Waals surface area contributed by atoms with Crippen molar-refractivity contribution in [1.82, 2.24) is 15.0 Å². The number of benzene rings is 1. The zero-order valence-corrected chi connectivity index (χ0v) is 8.45. The normalized spacial score (nSPS) is 10.5. The van der Waals surface area contributed by atoms with Crippen molar-refractivity contribution in [2.45, 2.75) is 0 Å². The first kappa shape index (κ1) is 8.91. The second kappa shape index (κ2) is 3.66. The van der Waals surface area contributed by atoms with E-state index in [4.69, 9.17) is 4.42 Å². The second-order valence-electron chi connectivity index (χ2n) is 3.40. The molecule has 0 atom stereocenters. The summed E-state index contributed by atoms with van der Waals surface area (Å²) in [6.07, 6.45) is 5.11. The fourth-order valence-electron chi connectivity index (χ4n) is 1.52. The molecule has 0 saturated heterocycles. The van der Waals surface area contributed by atoms with E-state index in [0.29, 0.717) is 0 Å². The molecule has 3 rings (SSSR count). The lowest BCUT2D eigenvalue weighted by atomic mass is 10.2. The van der Waals surface area contributed by atoms with Crippen LogP contribution in [0.15, 0.2) is 59.5 Å². The average Bonchev–Trinajstić information content (AvgIpc) is 3.01. The summed E-state index contributed by atoms with van der Waals surface area (Å²) in [6, 6.07) is 11.8. The first-order valence-corrected chi connectivity index (χ1v) is 4.94. The summed E-state index contributed by atoms with van der Waals surface area (Å²) in [7, 11) is 0. The lowest BCUT2D eigenvalue weighted by Crippen LogP contribution is -1.91. The zero-order chi connectivity index (χ0) is 10.8. The summed E-state index contributed by atoms with van der Waals surface area (Å²) < 4.78 is 6.68. The molecular weight excluding hydrogens is 202 g/mol. The average molecular weight is 211 g/mol. The molecule has 0 saturated carbocycles. The highest BCUT2D eigenvalue weighted by atomic mass is 16.3. The van der Waals surface area contributed by atoms with E-state index in [-0.39, 0.29) is 0 Å². The molecule has 4 nitrogen and oxygen atoms in total. The Balaban J connectivity index is 2.00. The first-order valence-electron chi connectivity index (χ1n) is 4.94. The van der Waals surface area contributed by atoms with Gasteiger partial charge in [0.2, 0.25) is 0 Å². The van der Waals surface area contributed by atoms with Crippen molar-refractivity contribution in [2.75, 3.05) is 0 Å². The molecular formula is C12H9N3O. The van der Waals surface area contributed by atoms with Crippen LogP contribution in [0.3, 0.4) is 0 Å². The summed E-state index contributed by atoms with van der Waals surface area (Å²) in [5.74, 6) is 0. The predicted octanol–water partition coefficient (Wildman–Crippen LogP) is 2.53. The molecule has 0 unspecified atom stereocenters. The van der Waals surface area contributed by atoms with Crippen LogP contribution in [0.25, 0.3) is 16.9 Å². The molecule has 0 spiro atoms. The molecule has 78 valence electrons. The van der Waals surface area contributed by atoms with Crippen LogP contribution in [0.4, 0.5) is 0 Å². The van der Waals surface area contributed by atoms with Gasteiger partial charge in [0.1, 0.15) is 17.6 Å². The molecule has 0 aliphatic rings. The van der Waals surface area contributed by atoms with Crippen molar-refractivity contribution < 1.29 is 4.42 Å². The Morgan fingerprint density at radius 2 is 1.94 bits per heavy atom. The third kappa shape index (κ3) is 1.50. The van der Waals surface area contributed by atoms with Crippen LogP contribution in [-0.2, 0) is 0 Å². The molecule has 0 radical (unpaired) electrons. The van der Waals surface area contributed by atoms with Gasteiger partial charge in [0, 0.05) is 11.6 Å². The SMILES string of the molecule is c1ccc(-c2cn(-c3ccoc3)nn2)cc1. The largest absolute Gasteiger partial charge is 0.470 e. The Morgan fingerprint density at radius 3 is 2.69 bits per heavy atom. The Hall–Kier alpha value is -2.36. The van der Waals surface area contributed by atoms with Crippen LogP contribution >= 0.6 is 0 Å². The molecule has 0 N–H and O–H groups in total. The van der Waals surface area contributed by atoms with Gasteiger partial charge in [-0.15, -0.1) is 5.10 Å². The van der Waals surface area contributed by atoms with Gasteiger partial charge in [0.05, 0.1) is 12.5 Å². The number of nitrogens with zero attached hydrogens (tertiary/aromatic N) is 3. The molecule has 3 aromatic rings. The van der Waals surface area contributed by atoms with Gasteiger partial charge in [-0.25, -0.2) is 4.68 Å². The monoisotopic (exact) mass is 211 g/mol. The maximum atomic E-state index is 5.00. The number of hydrogen-bond acceptors (Lipinski definition) is 3. The zero-order valence-electron chi connectivity index (χ0n) is 8.45. The van der Waals surface area contributed by atoms with Crippen molar-refractivity contribution in [3.05, 3.63) is 55.1 Å². The van der Waals surface area contributed by atoms with Crippen molar-refractivity contribution in [3.63, 3.8) is 0 Å². The second-order valence-corrected chi connectivity index (χ2v) is 3.40. The third-order valence-electron chi connectivity index (χ3n) is 2.33. The molecule has 2 aromatic heterocycles. The summed E-state index contributed by atoms with van der Waals surface area (Å²) in [5, 5.41) is 8.16. The fourth-order valence-corrected chi connectivity index (χ4v) is 1.52. The number of rotatable bonds is 2. The van der Waals surface area contributed by atoms with E-state index in [1.54, 1.807) is 17.2 Å². The molecule has 16 heavy (non-hydrogen) atoms. The quantitative estimate of drug-likeness (QED) is 0.654. The lowest BCUT2D eigenvalue weighted by Gasteiger charge is -1.93. The van der Waals surface area contributed by atoms with Crippen molar-refractivity contribution in [3.8, 4) is 16.9 Å². The van der Waals surface area contributed by atoms with Crippen LogP contribution in [0, 0.1) is 0 Å². The van der Waals surface area contributed by atoms with Crippen LogP contribution in [0.2, 0.25) is 0 Å². The number of aromatic nitrogens is 3. The lowest BCUT2D eigenvalue weighted by molar-refractivity contribution is 0.564. The van der Waals surface area contributed by atoms with Crippen molar-refractivity contribution in [1.29, 1.82) is 0 Å². The standard InChI is InChI=1S/C12H9N3O/c1-2-4-10(5-3-1)12-8-15(14-13-12)11-6-7-16-9-11/h1-9H. The van der Waals surface area contributed by atoms with Gasteiger partial charge < -0.3 is 4.42 Å². The summed E-state index contributed by atoms with van der Waals surface area (Å²) >= 11 is 0. The van der Waals surface area contributed by atoms with E-state index >= 15 is 0 Å². The molecule has 0 bridgehead atoms. The minimum Gasteiger partial charge on any atom is -0.470 e. The van der Waals surface area contributed by atoms with Crippen LogP contribution in [0.5, 0.6) is 0 Å². The van der Waals surface area contributed by atoms with Gasteiger partial charge in [0.25, 0.3) is 0 Å².